The lowest BCUT2D eigenvalue weighted by Gasteiger charge is -2.60. The topological polar surface area (TPSA) is 193 Å². The van der Waals surface area contributed by atoms with Gasteiger partial charge >= 0.3 is 31.0 Å². The van der Waals surface area contributed by atoms with Gasteiger partial charge < -0.3 is 34.9 Å². The van der Waals surface area contributed by atoms with Crippen LogP contribution in [0.1, 0.15) is 69.3 Å². The first kappa shape index (κ1) is 60.6. The van der Waals surface area contributed by atoms with Gasteiger partial charge in [-0.05, 0) is 74.7 Å². The molecule has 6 atom stereocenters. The van der Waals surface area contributed by atoms with Crippen LogP contribution in [-0.4, -0.2) is 149 Å². The fourth-order valence-corrected chi connectivity index (χ4v) is 9.60. The minimum Gasteiger partial charge on any atom is -0.469 e. The number of aliphatic hydroxyl groups excluding tert-OH is 1. The van der Waals surface area contributed by atoms with Gasteiger partial charge in [0.05, 0.1) is 74.5 Å². The number of nitrogens with one attached hydrogen (secondary N) is 3. The Morgan fingerprint density at radius 2 is 1.44 bits per heavy atom. The number of fused-ring (bicyclic) bond motifs is 2. The highest BCUT2D eigenvalue weighted by molar-refractivity contribution is 5.87. The summed E-state index contributed by atoms with van der Waals surface area (Å²) in [5.74, 6) is -2.67. The lowest BCUT2D eigenvalue weighted by atomic mass is 9.75. The molecular formula is C53H59F10N9O8. The number of ether oxygens (including phenoxy) is 3. The number of benzene rings is 2. The number of aliphatic hydroxyl groups is 1. The molecule has 4 fully saturated rings. The van der Waals surface area contributed by atoms with Crippen molar-refractivity contribution in [2.75, 3.05) is 52.0 Å². The van der Waals surface area contributed by atoms with E-state index >= 15 is 8.78 Å². The van der Waals surface area contributed by atoms with Crippen LogP contribution >= 0.6 is 0 Å². The van der Waals surface area contributed by atoms with Crippen molar-refractivity contribution in [2.24, 2.45) is 16.7 Å². The van der Waals surface area contributed by atoms with Gasteiger partial charge in [-0.2, -0.15) is 40.2 Å². The normalized spacial score (nSPS) is 18.5. The maximum atomic E-state index is 16.0. The van der Waals surface area contributed by atoms with Gasteiger partial charge in [-0.25, -0.2) is 28.3 Å². The van der Waals surface area contributed by atoms with Crippen molar-refractivity contribution < 1.29 is 82.4 Å². The van der Waals surface area contributed by atoms with E-state index in [1.807, 2.05) is 17.4 Å². The molecule has 17 nitrogen and oxygen atoms in total. The number of hydrazine groups is 1. The smallest absolute Gasteiger partial charge is 0.407 e. The minimum atomic E-state index is -5.17. The first-order chi connectivity index (χ1) is 37.5. The number of halogens is 10. The summed E-state index contributed by atoms with van der Waals surface area (Å²) < 4.78 is 161. The van der Waals surface area contributed by atoms with Crippen LogP contribution in [0.2, 0.25) is 0 Å². The van der Waals surface area contributed by atoms with Crippen molar-refractivity contribution in [2.45, 2.75) is 109 Å². The van der Waals surface area contributed by atoms with E-state index in [9.17, 15) is 59.4 Å². The number of carbonyl (C=O) groups is 4. The second-order valence-electron chi connectivity index (χ2n) is 20.9. The minimum absolute atomic E-state index is 0.204. The van der Waals surface area contributed by atoms with Gasteiger partial charge in [0.2, 0.25) is 11.8 Å². The number of piperidine rings is 1. The molecule has 2 aromatic carbocycles. The van der Waals surface area contributed by atoms with Crippen molar-refractivity contribution in [3.8, 4) is 23.1 Å². The van der Waals surface area contributed by atoms with Gasteiger partial charge in [-0.1, -0.05) is 37.8 Å². The van der Waals surface area contributed by atoms with Crippen molar-refractivity contribution in [1.82, 2.24) is 40.7 Å². The van der Waals surface area contributed by atoms with Crippen LogP contribution in [0, 0.1) is 40.2 Å². The number of alkyl carbamates (subject to hydrolysis) is 1. The summed E-state index contributed by atoms with van der Waals surface area (Å²) in [5.41, 5.74) is -4.18. The third-order valence-electron chi connectivity index (χ3n) is 14.9. The second kappa shape index (κ2) is 24.4. The van der Waals surface area contributed by atoms with Crippen LogP contribution < -0.4 is 21.0 Å². The Bertz CT molecular complexity index is 2890. The summed E-state index contributed by atoms with van der Waals surface area (Å²) in [5, 5.41) is 20.4. The molecule has 27 heteroatoms. The zero-order chi connectivity index (χ0) is 58.6. The van der Waals surface area contributed by atoms with Crippen LogP contribution in [0.25, 0.3) is 11.3 Å². The first-order valence-electron chi connectivity index (χ1n) is 25.1. The molecule has 4 N–H and O–H groups in total. The van der Waals surface area contributed by atoms with E-state index in [0.29, 0.717) is 74.1 Å². The van der Waals surface area contributed by atoms with E-state index in [-0.39, 0.29) is 21.5 Å². The molecular weight excluding hydrogens is 1080 g/mol. The standard InChI is InChI=1S/C53H59F10N9O8/c1-50(2,52(58,59)60)37(21-44(74)78-5)46(75)68-70(25-36-38(54)18-32(19-39(36)55)40-15-16-71(67-40)48(56)57)26-42(73)41(65-47(76)45(66-49(77)79-6)51(3,4)53(61,62)63)17-30-10-7-29(8-11-30)9-12-31-13-14-43(64-22-31)69-23-33-20-34(24-69)72(33)35-27-80-28-35/h7-8,10-11,13-16,18-19,22,33-35,37,41-42,45,48,73H,17,20-21,23-28H2,1-6H3,(H,65,76)(H,66,77)(H,68,75)/t33?,34?,37-,41+,42+,45-/m1/s1. The predicted octanol–water partition coefficient (Wildman–Crippen LogP) is 6.68. The van der Waals surface area contributed by atoms with E-state index in [2.05, 4.69) is 51.9 Å². The Balaban J connectivity index is 1.18. The molecule has 434 valence electrons. The zero-order valence-electron chi connectivity index (χ0n) is 44.1. The number of alkyl halides is 8. The Morgan fingerprint density at radius 1 is 0.825 bits per heavy atom. The van der Waals surface area contributed by atoms with Crippen molar-refractivity contribution in [3.63, 3.8) is 0 Å². The van der Waals surface area contributed by atoms with Gasteiger partial charge in [0.1, 0.15) is 23.5 Å². The molecule has 6 heterocycles. The van der Waals surface area contributed by atoms with Crippen molar-refractivity contribution in [1.29, 1.82) is 0 Å². The fraction of sp³-hybridized carbons (Fsp3) is 0.509. The average Bonchev–Trinajstić information content (AvgIpc) is 3.89. The van der Waals surface area contributed by atoms with Gasteiger partial charge in [0.25, 0.3) is 0 Å². The molecule has 0 aliphatic carbocycles. The highest BCUT2D eigenvalue weighted by Gasteiger charge is 2.57. The summed E-state index contributed by atoms with van der Waals surface area (Å²) in [7, 11) is 1.67. The maximum Gasteiger partial charge on any atom is 0.407 e. The molecule has 2 bridgehead atoms. The lowest BCUT2D eigenvalue weighted by molar-refractivity contribution is -0.231. The number of esters is 1. The second-order valence-corrected chi connectivity index (χ2v) is 20.9. The van der Waals surface area contributed by atoms with Gasteiger partial charge in [-0.15, -0.1) is 0 Å². The number of methoxy groups -OCH3 is 2. The number of amides is 3. The van der Waals surface area contributed by atoms with Gasteiger partial charge in [0, 0.05) is 72.9 Å². The molecule has 0 saturated carbocycles. The lowest BCUT2D eigenvalue weighted by Crippen LogP contribution is -2.74. The largest absolute Gasteiger partial charge is 0.469 e. The number of aromatic nitrogens is 3. The third kappa shape index (κ3) is 13.8. The molecule has 4 aliphatic rings. The molecule has 80 heavy (non-hydrogen) atoms. The SMILES string of the molecule is COC(=O)C[C@H](C(=O)NN(Cc1c(F)cc(-c2ccn(C(F)F)n2)cc1F)C[C@H](O)[C@H](Cc1ccc(C#Cc2ccc(N3CC4CC(C3)N4C3COC3)nc2)cc1)NC(=O)[C@@H](NC(=O)OC)C(C)(C)C(F)(F)F)C(C)(C)C(F)(F)F. The van der Waals surface area contributed by atoms with Crippen LogP contribution in [-0.2, 0) is 41.6 Å². The van der Waals surface area contributed by atoms with E-state index < -0.39 is 121 Å². The number of hydrogen-bond acceptors (Lipinski definition) is 13. The van der Waals surface area contributed by atoms with Crippen molar-refractivity contribution in [3.05, 3.63) is 101 Å². The molecule has 2 aromatic heterocycles. The molecule has 4 aromatic rings. The Kier molecular flexibility index (Phi) is 18.5. The van der Waals surface area contributed by atoms with Crippen LogP contribution in [0.4, 0.5) is 54.5 Å². The monoisotopic (exact) mass is 1140 g/mol. The van der Waals surface area contributed by atoms with E-state index in [4.69, 9.17) is 4.74 Å². The number of hydrogen-bond donors (Lipinski definition) is 4. The van der Waals surface area contributed by atoms with Gasteiger partial charge in [-0.3, -0.25) is 24.7 Å². The van der Waals surface area contributed by atoms with Gasteiger partial charge in [0.15, 0.2) is 0 Å². The highest BCUT2D eigenvalue weighted by atomic mass is 19.4. The van der Waals surface area contributed by atoms with E-state index in [1.54, 1.807) is 18.3 Å². The molecule has 0 spiro atoms. The number of rotatable bonds is 20. The average molecular weight is 1140 g/mol. The molecule has 3 amide bonds. The van der Waals surface area contributed by atoms with E-state index in [0.717, 1.165) is 65.0 Å². The van der Waals surface area contributed by atoms with Crippen LogP contribution in [0.3, 0.4) is 0 Å². The third-order valence-corrected chi connectivity index (χ3v) is 14.9. The predicted molar refractivity (Wildman–Crippen MR) is 266 cm³/mol. The van der Waals surface area contributed by atoms with Crippen LogP contribution in [0.15, 0.2) is 67.0 Å². The number of piperazine rings is 1. The highest BCUT2D eigenvalue weighted by Crippen LogP contribution is 2.46. The summed E-state index contributed by atoms with van der Waals surface area (Å²) in [6, 6.07) is 9.30. The molecule has 4 saturated heterocycles. The summed E-state index contributed by atoms with van der Waals surface area (Å²) in [6.07, 6.45) is -12.0. The molecule has 4 aliphatic heterocycles. The fourth-order valence-electron chi connectivity index (χ4n) is 9.60. The number of carbonyl (C=O) groups excluding carboxylic acids is 4. The molecule has 8 rings (SSSR count). The van der Waals surface area contributed by atoms with Crippen molar-refractivity contribution >= 4 is 29.7 Å². The summed E-state index contributed by atoms with van der Waals surface area (Å²) in [6.45, 7) is 0.242. The number of nitrogens with zero attached hydrogens (tertiary/aromatic N) is 6. The quantitative estimate of drug-likeness (QED) is 0.0317. The summed E-state index contributed by atoms with van der Waals surface area (Å²) >= 11 is 0. The Hall–Kier alpha value is -7.02. The Labute approximate surface area is 453 Å². The molecule has 2 unspecified atom stereocenters. The number of anilines is 1. The zero-order valence-corrected chi connectivity index (χ0v) is 44.1. The van der Waals surface area contributed by atoms with Crippen LogP contribution in [0.5, 0.6) is 0 Å². The van der Waals surface area contributed by atoms with E-state index in [1.165, 1.54) is 12.1 Å². The maximum absolute atomic E-state index is 16.0. The number of pyridine rings is 1. The molecule has 0 radical (unpaired) electrons. The summed E-state index contributed by atoms with van der Waals surface area (Å²) in [4.78, 5) is 62.4. The first-order valence-corrected chi connectivity index (χ1v) is 25.1. The Morgan fingerprint density at radius 3 is 1.96 bits per heavy atom.